The topological polar surface area (TPSA) is 60.0 Å². The first kappa shape index (κ1) is 19.1. The highest BCUT2D eigenvalue weighted by molar-refractivity contribution is 5.81. The van der Waals surface area contributed by atoms with E-state index in [1.54, 1.807) is 0 Å². The molecule has 0 spiro atoms. The third kappa shape index (κ3) is 4.80. The minimum Gasteiger partial charge on any atom is -0.381 e. The Labute approximate surface area is 161 Å². The molecule has 3 unspecified atom stereocenters. The van der Waals surface area contributed by atoms with Gasteiger partial charge in [-0.2, -0.15) is 0 Å². The minimum absolute atomic E-state index is 0.0547. The Morgan fingerprint density at radius 1 is 1.07 bits per heavy atom. The van der Waals surface area contributed by atoms with Crippen molar-refractivity contribution in [3.8, 4) is 0 Å². The Morgan fingerprint density at radius 3 is 2.59 bits per heavy atom. The lowest BCUT2D eigenvalue weighted by Crippen LogP contribution is -2.53. The lowest BCUT2D eigenvalue weighted by atomic mass is 9.79. The van der Waals surface area contributed by atoms with Crippen LogP contribution in [0.1, 0.15) is 32.1 Å². The standard InChI is InChI=1S/C21H32N2O4/c24-20(19-14-26-17-6-2-3-7-18(17)27-19)22-15-21(8-12-25-13-9-21)16-23-10-4-1-5-11-23/h2-3,6-7,17-19H,1,4-5,8-16H2,(H,22,24). The van der Waals surface area contributed by atoms with Gasteiger partial charge in [0.25, 0.3) is 5.91 Å². The summed E-state index contributed by atoms with van der Waals surface area (Å²) in [5.74, 6) is -0.0547. The summed E-state index contributed by atoms with van der Waals surface area (Å²) in [5, 5.41) is 3.18. The lowest BCUT2D eigenvalue weighted by molar-refractivity contribution is -0.168. The highest BCUT2D eigenvalue weighted by atomic mass is 16.6. The van der Waals surface area contributed by atoms with Gasteiger partial charge in [-0.05, 0) is 38.8 Å². The van der Waals surface area contributed by atoms with Crippen molar-refractivity contribution in [3.05, 3.63) is 24.3 Å². The number of fused-ring (bicyclic) bond motifs is 1. The first-order chi connectivity index (χ1) is 13.2. The zero-order valence-electron chi connectivity index (χ0n) is 16.1. The Balaban J connectivity index is 1.32. The molecule has 4 rings (SSSR count). The van der Waals surface area contributed by atoms with E-state index in [-0.39, 0.29) is 23.5 Å². The van der Waals surface area contributed by atoms with E-state index in [2.05, 4.69) is 10.2 Å². The normalized spacial score (nSPS) is 33.4. The molecule has 3 atom stereocenters. The van der Waals surface area contributed by atoms with Crippen LogP contribution in [0.3, 0.4) is 0 Å². The number of likely N-dealkylation sites (tertiary alicyclic amines) is 1. The average Bonchev–Trinajstić information content (AvgIpc) is 2.73. The lowest BCUT2D eigenvalue weighted by Gasteiger charge is -2.42. The van der Waals surface area contributed by atoms with Gasteiger partial charge in [0.15, 0.2) is 6.10 Å². The van der Waals surface area contributed by atoms with E-state index in [9.17, 15) is 4.79 Å². The molecular formula is C21H32N2O4. The minimum atomic E-state index is -0.533. The number of amides is 1. The number of ether oxygens (including phenoxy) is 3. The molecule has 1 aliphatic carbocycles. The molecule has 0 aromatic carbocycles. The molecule has 1 N–H and O–H groups in total. The van der Waals surface area contributed by atoms with Gasteiger partial charge in [0.05, 0.1) is 6.61 Å². The molecule has 0 aromatic rings. The molecule has 3 fully saturated rings. The molecule has 3 aliphatic heterocycles. The summed E-state index contributed by atoms with van der Waals surface area (Å²) < 4.78 is 17.4. The second-order valence-corrected chi connectivity index (χ2v) is 8.32. The second kappa shape index (κ2) is 8.86. The number of allylic oxidation sites excluding steroid dienone is 2. The number of carbonyl (C=O) groups excluding carboxylic acids is 1. The van der Waals surface area contributed by atoms with Crippen LogP contribution in [0.2, 0.25) is 0 Å². The highest BCUT2D eigenvalue weighted by Crippen LogP contribution is 2.32. The van der Waals surface area contributed by atoms with Crippen molar-refractivity contribution in [2.75, 3.05) is 46.0 Å². The molecule has 3 heterocycles. The third-order valence-corrected chi connectivity index (χ3v) is 6.29. The Kier molecular flexibility index (Phi) is 6.28. The van der Waals surface area contributed by atoms with Crippen molar-refractivity contribution in [1.29, 1.82) is 0 Å². The fourth-order valence-corrected chi connectivity index (χ4v) is 4.58. The van der Waals surface area contributed by atoms with Crippen LogP contribution in [-0.2, 0) is 19.0 Å². The zero-order valence-corrected chi connectivity index (χ0v) is 16.1. The van der Waals surface area contributed by atoms with E-state index in [1.165, 1.54) is 32.4 Å². The maximum absolute atomic E-state index is 12.7. The van der Waals surface area contributed by atoms with Gasteiger partial charge in [0.1, 0.15) is 12.2 Å². The summed E-state index contributed by atoms with van der Waals surface area (Å²) in [6.45, 7) is 5.99. The van der Waals surface area contributed by atoms with Crippen molar-refractivity contribution in [2.24, 2.45) is 5.41 Å². The molecule has 1 amide bonds. The summed E-state index contributed by atoms with van der Waals surface area (Å²) in [6, 6.07) is 0. The first-order valence-electron chi connectivity index (χ1n) is 10.4. The van der Waals surface area contributed by atoms with E-state index in [1.807, 2.05) is 24.3 Å². The van der Waals surface area contributed by atoms with Crippen LogP contribution in [0.25, 0.3) is 0 Å². The number of hydrogen-bond donors (Lipinski definition) is 1. The van der Waals surface area contributed by atoms with Gasteiger partial charge in [-0.15, -0.1) is 0 Å². The van der Waals surface area contributed by atoms with Gasteiger partial charge >= 0.3 is 0 Å². The largest absolute Gasteiger partial charge is 0.381 e. The summed E-state index contributed by atoms with van der Waals surface area (Å²) in [6.07, 6.45) is 13.0. The molecule has 3 saturated heterocycles. The van der Waals surface area contributed by atoms with Crippen molar-refractivity contribution in [2.45, 2.75) is 50.4 Å². The molecular weight excluding hydrogens is 344 g/mol. The zero-order chi connectivity index (χ0) is 18.5. The maximum atomic E-state index is 12.7. The van der Waals surface area contributed by atoms with Crippen LogP contribution < -0.4 is 5.32 Å². The summed E-state index contributed by atoms with van der Waals surface area (Å²) >= 11 is 0. The van der Waals surface area contributed by atoms with E-state index in [0.29, 0.717) is 13.2 Å². The smallest absolute Gasteiger partial charge is 0.251 e. The highest BCUT2D eigenvalue weighted by Gasteiger charge is 2.38. The van der Waals surface area contributed by atoms with E-state index < -0.39 is 6.10 Å². The van der Waals surface area contributed by atoms with Crippen LogP contribution in [-0.4, -0.2) is 75.1 Å². The van der Waals surface area contributed by atoms with Crippen molar-refractivity contribution in [3.63, 3.8) is 0 Å². The quantitative estimate of drug-likeness (QED) is 0.791. The fourth-order valence-electron chi connectivity index (χ4n) is 4.58. The van der Waals surface area contributed by atoms with Crippen LogP contribution in [0, 0.1) is 5.41 Å². The van der Waals surface area contributed by atoms with E-state index in [0.717, 1.165) is 32.6 Å². The fraction of sp³-hybridized carbons (Fsp3) is 0.762. The maximum Gasteiger partial charge on any atom is 0.251 e. The van der Waals surface area contributed by atoms with Gasteiger partial charge in [-0.25, -0.2) is 0 Å². The third-order valence-electron chi connectivity index (χ3n) is 6.29. The van der Waals surface area contributed by atoms with Gasteiger partial charge in [0, 0.05) is 31.7 Å². The molecule has 0 radical (unpaired) electrons. The van der Waals surface area contributed by atoms with Crippen LogP contribution in [0.15, 0.2) is 24.3 Å². The predicted octanol–water partition coefficient (Wildman–Crippen LogP) is 1.66. The van der Waals surface area contributed by atoms with Gasteiger partial charge in [-0.3, -0.25) is 4.79 Å². The summed E-state index contributed by atoms with van der Waals surface area (Å²) in [5.41, 5.74) is 0.108. The molecule has 0 aromatic heterocycles. The predicted molar refractivity (Wildman–Crippen MR) is 102 cm³/mol. The SMILES string of the molecule is O=C(NCC1(CN2CCCCC2)CCOCC1)C1COC2C=CC=CC2O1. The van der Waals surface area contributed by atoms with Crippen LogP contribution >= 0.6 is 0 Å². The van der Waals surface area contributed by atoms with Crippen LogP contribution in [0.5, 0.6) is 0 Å². The number of hydrogen-bond acceptors (Lipinski definition) is 5. The van der Waals surface area contributed by atoms with Gasteiger partial charge < -0.3 is 24.4 Å². The molecule has 6 nitrogen and oxygen atoms in total. The van der Waals surface area contributed by atoms with Crippen molar-refractivity contribution < 1.29 is 19.0 Å². The average molecular weight is 376 g/mol. The second-order valence-electron chi connectivity index (χ2n) is 8.32. The molecule has 27 heavy (non-hydrogen) atoms. The van der Waals surface area contributed by atoms with Gasteiger partial charge in [0.2, 0.25) is 0 Å². The van der Waals surface area contributed by atoms with Crippen molar-refractivity contribution in [1.82, 2.24) is 10.2 Å². The Morgan fingerprint density at radius 2 is 1.81 bits per heavy atom. The number of piperidine rings is 1. The van der Waals surface area contributed by atoms with E-state index in [4.69, 9.17) is 14.2 Å². The molecule has 4 aliphatic rings. The molecule has 150 valence electrons. The monoisotopic (exact) mass is 376 g/mol. The van der Waals surface area contributed by atoms with Crippen LogP contribution in [0.4, 0.5) is 0 Å². The summed E-state index contributed by atoms with van der Waals surface area (Å²) in [7, 11) is 0. The number of rotatable bonds is 5. The number of nitrogens with zero attached hydrogens (tertiary/aromatic N) is 1. The van der Waals surface area contributed by atoms with Gasteiger partial charge in [-0.1, -0.05) is 30.7 Å². The number of nitrogens with one attached hydrogen (secondary N) is 1. The Bertz CT molecular complexity index is 565. The number of carbonyl (C=O) groups is 1. The van der Waals surface area contributed by atoms with E-state index >= 15 is 0 Å². The molecule has 0 saturated carbocycles. The van der Waals surface area contributed by atoms with Crippen molar-refractivity contribution >= 4 is 5.91 Å². The molecule has 6 heteroatoms. The summed E-state index contributed by atoms with van der Waals surface area (Å²) in [4.78, 5) is 15.3. The Hall–Kier alpha value is -1.21. The first-order valence-corrected chi connectivity index (χ1v) is 10.4. The molecule has 0 bridgehead atoms.